The van der Waals surface area contributed by atoms with Crippen LogP contribution in [0.5, 0.6) is 5.75 Å². The Morgan fingerprint density at radius 2 is 1.95 bits per heavy atom. The molecular formula is C15H10N4O3. The van der Waals surface area contributed by atoms with Gasteiger partial charge in [0.1, 0.15) is 17.0 Å². The van der Waals surface area contributed by atoms with Crippen molar-refractivity contribution < 1.29 is 15.0 Å². The molecular weight excluding hydrogens is 284 g/mol. The molecule has 0 radical (unpaired) electrons. The van der Waals surface area contributed by atoms with Gasteiger partial charge in [0, 0.05) is 17.8 Å². The minimum atomic E-state index is -1.12. The standard InChI is InChI=1S/C15H10N4O3/c20-12-5-4-11(18-19-13-3-1-2-6-16-13)14-10(12)7-9(8-17-14)15(21)22/h1-8,20H,(H,21,22). The van der Waals surface area contributed by atoms with Gasteiger partial charge in [-0.2, -0.15) is 0 Å². The van der Waals surface area contributed by atoms with Gasteiger partial charge in [-0.25, -0.2) is 9.78 Å². The van der Waals surface area contributed by atoms with E-state index < -0.39 is 5.97 Å². The Kier molecular flexibility index (Phi) is 3.45. The maximum Gasteiger partial charge on any atom is 0.337 e. The molecule has 7 nitrogen and oxygen atoms in total. The predicted octanol–water partition coefficient (Wildman–Crippen LogP) is 3.45. The van der Waals surface area contributed by atoms with Crippen molar-refractivity contribution in [1.29, 1.82) is 0 Å². The number of fused-ring (bicyclic) bond motifs is 1. The van der Waals surface area contributed by atoms with E-state index in [-0.39, 0.29) is 11.3 Å². The number of nitrogens with zero attached hydrogens (tertiary/aromatic N) is 4. The molecule has 0 aliphatic carbocycles. The Labute approximate surface area is 124 Å². The number of carboxylic acid groups (broad SMARTS) is 1. The minimum Gasteiger partial charge on any atom is -0.507 e. The van der Waals surface area contributed by atoms with E-state index in [1.54, 1.807) is 30.5 Å². The van der Waals surface area contributed by atoms with E-state index in [4.69, 9.17) is 5.11 Å². The molecule has 0 saturated heterocycles. The third-order valence-corrected chi connectivity index (χ3v) is 2.96. The fourth-order valence-corrected chi connectivity index (χ4v) is 1.91. The van der Waals surface area contributed by atoms with Crippen molar-refractivity contribution >= 4 is 28.4 Å². The van der Waals surface area contributed by atoms with Crippen molar-refractivity contribution in [2.75, 3.05) is 0 Å². The first-order valence-electron chi connectivity index (χ1n) is 6.33. The molecule has 2 N–H and O–H groups in total. The fraction of sp³-hybridized carbons (Fsp3) is 0. The van der Waals surface area contributed by atoms with E-state index in [0.717, 1.165) is 0 Å². The van der Waals surface area contributed by atoms with Gasteiger partial charge in [0.05, 0.1) is 5.56 Å². The van der Waals surface area contributed by atoms with E-state index >= 15 is 0 Å². The Morgan fingerprint density at radius 1 is 1.09 bits per heavy atom. The number of carboxylic acids is 1. The molecule has 2 heterocycles. The van der Waals surface area contributed by atoms with Crippen LogP contribution in [0.1, 0.15) is 10.4 Å². The average Bonchev–Trinajstić information content (AvgIpc) is 2.55. The summed E-state index contributed by atoms with van der Waals surface area (Å²) in [6.07, 6.45) is 2.81. The second-order valence-electron chi connectivity index (χ2n) is 4.42. The Balaban J connectivity index is 2.09. The number of aromatic carboxylic acids is 1. The van der Waals surface area contributed by atoms with Crippen molar-refractivity contribution in [3.05, 3.63) is 54.4 Å². The van der Waals surface area contributed by atoms with E-state index in [1.807, 2.05) is 0 Å². The maximum absolute atomic E-state index is 11.0. The third-order valence-electron chi connectivity index (χ3n) is 2.96. The van der Waals surface area contributed by atoms with Crippen LogP contribution in [-0.2, 0) is 0 Å². The first kappa shape index (κ1) is 13.6. The fourth-order valence-electron chi connectivity index (χ4n) is 1.91. The van der Waals surface area contributed by atoms with E-state index in [9.17, 15) is 9.90 Å². The zero-order chi connectivity index (χ0) is 15.5. The SMILES string of the molecule is O=C(O)c1cnc2c(N=Nc3ccccn3)ccc(O)c2c1. The molecule has 2 aromatic heterocycles. The highest BCUT2D eigenvalue weighted by molar-refractivity contribution is 5.98. The molecule has 0 saturated carbocycles. The second-order valence-corrected chi connectivity index (χ2v) is 4.42. The second kappa shape index (κ2) is 5.57. The third kappa shape index (κ3) is 2.59. The van der Waals surface area contributed by atoms with Crippen LogP contribution in [0, 0.1) is 0 Å². The summed E-state index contributed by atoms with van der Waals surface area (Å²) in [5.41, 5.74) is 0.765. The molecule has 22 heavy (non-hydrogen) atoms. The van der Waals surface area contributed by atoms with Gasteiger partial charge in [0.15, 0.2) is 5.82 Å². The van der Waals surface area contributed by atoms with Gasteiger partial charge in [0.25, 0.3) is 0 Å². The lowest BCUT2D eigenvalue weighted by molar-refractivity contribution is 0.0696. The molecule has 0 atom stereocenters. The van der Waals surface area contributed by atoms with Crippen LogP contribution in [0.15, 0.2) is 59.0 Å². The highest BCUT2D eigenvalue weighted by Crippen LogP contribution is 2.32. The molecule has 0 fully saturated rings. The van der Waals surface area contributed by atoms with Crippen molar-refractivity contribution in [3.63, 3.8) is 0 Å². The Morgan fingerprint density at radius 3 is 2.68 bits per heavy atom. The molecule has 0 spiro atoms. The van der Waals surface area contributed by atoms with Gasteiger partial charge in [-0.1, -0.05) is 6.07 Å². The molecule has 0 unspecified atom stereocenters. The normalized spacial score (nSPS) is 11.1. The van der Waals surface area contributed by atoms with E-state index in [2.05, 4.69) is 20.2 Å². The largest absolute Gasteiger partial charge is 0.507 e. The molecule has 3 aromatic rings. The summed E-state index contributed by atoms with van der Waals surface area (Å²) in [7, 11) is 0. The zero-order valence-electron chi connectivity index (χ0n) is 11.2. The number of benzene rings is 1. The Hall–Kier alpha value is -3.35. The van der Waals surface area contributed by atoms with Crippen LogP contribution in [0.25, 0.3) is 10.9 Å². The summed E-state index contributed by atoms with van der Waals surface area (Å²) in [6, 6.07) is 9.57. The lowest BCUT2D eigenvalue weighted by Crippen LogP contribution is -1.97. The van der Waals surface area contributed by atoms with Crippen molar-refractivity contribution in [2.24, 2.45) is 10.2 Å². The van der Waals surface area contributed by atoms with E-state index in [1.165, 1.54) is 18.3 Å². The maximum atomic E-state index is 11.0. The van der Waals surface area contributed by atoms with Crippen LogP contribution in [-0.4, -0.2) is 26.2 Å². The number of hydrogen-bond donors (Lipinski definition) is 2. The number of rotatable bonds is 3. The van der Waals surface area contributed by atoms with E-state index in [0.29, 0.717) is 22.4 Å². The molecule has 0 aliphatic rings. The van der Waals surface area contributed by atoms with Gasteiger partial charge in [0.2, 0.25) is 0 Å². The van der Waals surface area contributed by atoms with Crippen LogP contribution < -0.4 is 0 Å². The summed E-state index contributed by atoms with van der Waals surface area (Å²) in [6.45, 7) is 0. The topological polar surface area (TPSA) is 108 Å². The summed E-state index contributed by atoms with van der Waals surface area (Å²) in [5, 5.41) is 27.2. The van der Waals surface area contributed by atoms with Gasteiger partial charge in [-0.3, -0.25) is 4.98 Å². The van der Waals surface area contributed by atoms with Gasteiger partial charge in [-0.15, -0.1) is 10.2 Å². The summed E-state index contributed by atoms with van der Waals surface area (Å²) in [5.74, 6) is -0.748. The molecule has 0 amide bonds. The molecule has 108 valence electrons. The van der Waals surface area contributed by atoms with Crippen molar-refractivity contribution in [1.82, 2.24) is 9.97 Å². The van der Waals surface area contributed by atoms with Crippen molar-refractivity contribution in [2.45, 2.75) is 0 Å². The van der Waals surface area contributed by atoms with Crippen LogP contribution in [0.3, 0.4) is 0 Å². The number of pyridine rings is 2. The smallest absolute Gasteiger partial charge is 0.337 e. The predicted molar refractivity (Wildman–Crippen MR) is 78.8 cm³/mol. The molecule has 3 rings (SSSR count). The number of carbonyl (C=O) groups is 1. The summed E-state index contributed by atoms with van der Waals surface area (Å²) >= 11 is 0. The summed E-state index contributed by atoms with van der Waals surface area (Å²) in [4.78, 5) is 19.1. The number of azo groups is 1. The van der Waals surface area contributed by atoms with Crippen molar-refractivity contribution in [3.8, 4) is 5.75 Å². The number of aromatic hydroxyl groups is 1. The monoisotopic (exact) mass is 294 g/mol. The van der Waals surface area contributed by atoms with Crippen LogP contribution in [0.4, 0.5) is 11.5 Å². The molecule has 1 aromatic carbocycles. The van der Waals surface area contributed by atoms with Crippen LogP contribution in [0.2, 0.25) is 0 Å². The number of phenolic OH excluding ortho intramolecular Hbond substituents is 1. The quantitative estimate of drug-likeness (QED) is 0.719. The molecule has 0 aliphatic heterocycles. The number of aromatic nitrogens is 2. The summed E-state index contributed by atoms with van der Waals surface area (Å²) < 4.78 is 0. The Bertz CT molecular complexity index is 879. The first-order chi connectivity index (χ1) is 10.6. The van der Waals surface area contributed by atoms with Crippen LogP contribution >= 0.6 is 0 Å². The van der Waals surface area contributed by atoms with Gasteiger partial charge in [-0.05, 0) is 30.3 Å². The zero-order valence-corrected chi connectivity index (χ0v) is 11.2. The highest BCUT2D eigenvalue weighted by atomic mass is 16.4. The first-order valence-corrected chi connectivity index (χ1v) is 6.33. The van der Waals surface area contributed by atoms with Gasteiger partial charge < -0.3 is 10.2 Å². The van der Waals surface area contributed by atoms with Gasteiger partial charge >= 0.3 is 5.97 Å². The molecule has 7 heteroatoms. The lowest BCUT2D eigenvalue weighted by atomic mass is 10.1. The number of hydrogen-bond acceptors (Lipinski definition) is 6. The minimum absolute atomic E-state index is 0.0124. The number of phenols is 1. The molecule has 0 bridgehead atoms. The average molecular weight is 294 g/mol. The lowest BCUT2D eigenvalue weighted by Gasteiger charge is -2.04. The highest BCUT2D eigenvalue weighted by Gasteiger charge is 2.11.